The fraction of sp³-hybridized carbons (Fsp3) is 0.500. The molecule has 2 aromatic rings. The largest absolute Gasteiger partial charge is 0.338 e. The highest BCUT2D eigenvalue weighted by atomic mass is 32.1. The van der Waals surface area contributed by atoms with Crippen molar-refractivity contribution in [3.8, 4) is 10.4 Å². The van der Waals surface area contributed by atoms with Gasteiger partial charge >= 0.3 is 0 Å². The van der Waals surface area contributed by atoms with Crippen LogP contribution in [0.4, 0.5) is 0 Å². The van der Waals surface area contributed by atoms with Crippen molar-refractivity contribution in [2.75, 3.05) is 26.7 Å². The second kappa shape index (κ2) is 6.82. The Morgan fingerprint density at radius 3 is 2.73 bits per heavy atom. The Morgan fingerprint density at radius 1 is 1.27 bits per heavy atom. The van der Waals surface area contributed by atoms with Gasteiger partial charge in [-0.15, -0.1) is 11.3 Å². The molecule has 1 aromatic heterocycles. The highest BCUT2D eigenvalue weighted by Crippen LogP contribution is 2.46. The van der Waals surface area contributed by atoms with E-state index in [0.717, 1.165) is 43.8 Å². The van der Waals surface area contributed by atoms with E-state index >= 15 is 0 Å². The van der Waals surface area contributed by atoms with E-state index in [9.17, 15) is 4.79 Å². The first-order valence-electron chi connectivity index (χ1n) is 9.66. The molecule has 1 aliphatic carbocycles. The number of rotatable bonds is 3. The molecule has 26 heavy (non-hydrogen) atoms. The van der Waals surface area contributed by atoms with Crippen LogP contribution in [0.5, 0.6) is 0 Å². The van der Waals surface area contributed by atoms with Crippen molar-refractivity contribution in [3.63, 3.8) is 0 Å². The molecule has 4 heteroatoms. The zero-order chi connectivity index (χ0) is 18.3. The number of nitrogens with one attached hydrogen (secondary N) is 1. The zero-order valence-corrected chi connectivity index (χ0v) is 16.8. The van der Waals surface area contributed by atoms with E-state index in [-0.39, 0.29) is 11.3 Å². The number of hydrogen-bond donors (Lipinski definition) is 1. The van der Waals surface area contributed by atoms with Crippen LogP contribution in [0.25, 0.3) is 10.4 Å². The lowest BCUT2D eigenvalue weighted by atomic mass is 9.73. The maximum Gasteiger partial charge on any atom is 0.263 e. The van der Waals surface area contributed by atoms with Crippen molar-refractivity contribution >= 4 is 17.2 Å². The molecule has 1 aliphatic heterocycles. The van der Waals surface area contributed by atoms with Gasteiger partial charge in [0.05, 0.1) is 4.88 Å². The quantitative estimate of drug-likeness (QED) is 0.875. The lowest BCUT2D eigenvalue weighted by Crippen LogP contribution is -2.40. The molecular weight excluding hydrogens is 340 g/mol. The van der Waals surface area contributed by atoms with Gasteiger partial charge in [0.25, 0.3) is 5.91 Å². The fourth-order valence-electron chi connectivity index (χ4n) is 4.52. The Hall–Kier alpha value is -1.65. The lowest BCUT2D eigenvalue weighted by Gasteiger charge is -2.32. The van der Waals surface area contributed by atoms with Gasteiger partial charge in [-0.2, -0.15) is 0 Å². The molecule has 2 heterocycles. The number of thiophene rings is 1. The summed E-state index contributed by atoms with van der Waals surface area (Å²) in [5, 5.41) is 3.26. The van der Waals surface area contributed by atoms with Crippen molar-refractivity contribution in [1.29, 1.82) is 0 Å². The normalized spacial score (nSPS) is 19.1. The van der Waals surface area contributed by atoms with Gasteiger partial charge in [0, 0.05) is 18.0 Å². The third-order valence-electron chi connectivity index (χ3n) is 5.95. The molecule has 0 saturated carbocycles. The summed E-state index contributed by atoms with van der Waals surface area (Å²) < 4.78 is 0. The van der Waals surface area contributed by atoms with Crippen LogP contribution in [0, 0.1) is 5.92 Å². The van der Waals surface area contributed by atoms with Crippen LogP contribution in [0.2, 0.25) is 0 Å². The van der Waals surface area contributed by atoms with Crippen molar-refractivity contribution in [1.82, 2.24) is 10.2 Å². The van der Waals surface area contributed by atoms with Gasteiger partial charge in [-0.3, -0.25) is 4.79 Å². The molecule has 0 atom stereocenters. The third kappa shape index (κ3) is 3.10. The molecule has 2 aliphatic rings. The van der Waals surface area contributed by atoms with Gasteiger partial charge in [0.15, 0.2) is 0 Å². The van der Waals surface area contributed by atoms with Crippen LogP contribution >= 0.6 is 11.3 Å². The number of fused-ring (bicyclic) bond motifs is 3. The number of amides is 1. The summed E-state index contributed by atoms with van der Waals surface area (Å²) in [7, 11) is 2.01. The minimum absolute atomic E-state index is 0.122. The molecule has 1 amide bonds. The SMILES string of the molecule is CNCC1CCN(C(=O)c2cc3c(s2)-c2ccccc2C(C)(C)C3)CC1. The molecule has 4 rings (SSSR count). The Labute approximate surface area is 160 Å². The fourth-order valence-corrected chi connectivity index (χ4v) is 5.71. The highest BCUT2D eigenvalue weighted by Gasteiger charge is 2.33. The number of hydrogen-bond acceptors (Lipinski definition) is 3. The molecule has 1 fully saturated rings. The minimum Gasteiger partial charge on any atom is -0.338 e. The zero-order valence-electron chi connectivity index (χ0n) is 16.0. The molecule has 0 radical (unpaired) electrons. The average molecular weight is 369 g/mol. The van der Waals surface area contributed by atoms with E-state index in [2.05, 4.69) is 54.4 Å². The van der Waals surface area contributed by atoms with Gasteiger partial charge in [0.1, 0.15) is 0 Å². The topological polar surface area (TPSA) is 32.3 Å². The van der Waals surface area contributed by atoms with Crippen molar-refractivity contribution in [2.45, 2.75) is 38.5 Å². The summed E-state index contributed by atoms with van der Waals surface area (Å²) in [6.45, 7) is 7.44. The van der Waals surface area contributed by atoms with Crippen molar-refractivity contribution < 1.29 is 4.79 Å². The summed E-state index contributed by atoms with van der Waals surface area (Å²) in [6, 6.07) is 10.9. The second-order valence-electron chi connectivity index (χ2n) is 8.36. The summed E-state index contributed by atoms with van der Waals surface area (Å²) in [5.74, 6) is 0.927. The van der Waals surface area contributed by atoms with E-state index in [0.29, 0.717) is 5.92 Å². The van der Waals surface area contributed by atoms with E-state index in [1.807, 2.05) is 7.05 Å². The van der Waals surface area contributed by atoms with Gasteiger partial charge < -0.3 is 10.2 Å². The summed E-state index contributed by atoms with van der Waals surface area (Å²) in [6.07, 6.45) is 3.22. The molecule has 138 valence electrons. The second-order valence-corrected chi connectivity index (χ2v) is 9.42. The standard InChI is InChI=1S/C22H28N2OS/c1-22(2)13-16-12-19(26-20(16)17-6-4-5-7-18(17)22)21(25)24-10-8-15(9-11-24)14-23-3/h4-7,12,15,23H,8-11,13-14H2,1-3H3. The lowest BCUT2D eigenvalue weighted by molar-refractivity contribution is 0.0695. The number of carbonyl (C=O) groups is 1. The molecule has 1 saturated heterocycles. The molecule has 0 spiro atoms. The summed E-state index contributed by atoms with van der Waals surface area (Å²) >= 11 is 1.69. The first-order valence-corrected chi connectivity index (χ1v) is 10.5. The molecule has 0 bridgehead atoms. The molecule has 1 aromatic carbocycles. The maximum absolute atomic E-state index is 13.1. The number of benzene rings is 1. The average Bonchev–Trinajstić information content (AvgIpc) is 3.05. The number of likely N-dealkylation sites (tertiary alicyclic amines) is 1. The van der Waals surface area contributed by atoms with Gasteiger partial charge in [0.2, 0.25) is 0 Å². The van der Waals surface area contributed by atoms with Crippen LogP contribution in [-0.2, 0) is 11.8 Å². The van der Waals surface area contributed by atoms with E-state index in [1.165, 1.54) is 21.6 Å². The summed E-state index contributed by atoms with van der Waals surface area (Å²) in [5.41, 5.74) is 4.18. The smallest absolute Gasteiger partial charge is 0.263 e. The minimum atomic E-state index is 0.122. The van der Waals surface area contributed by atoms with Crippen molar-refractivity contribution in [3.05, 3.63) is 46.3 Å². The van der Waals surface area contributed by atoms with Crippen LogP contribution in [0.15, 0.2) is 30.3 Å². The highest BCUT2D eigenvalue weighted by molar-refractivity contribution is 7.17. The molecule has 0 unspecified atom stereocenters. The van der Waals surface area contributed by atoms with Gasteiger partial charge in [-0.05, 0) is 66.9 Å². The Bertz CT molecular complexity index is 815. The van der Waals surface area contributed by atoms with Crippen molar-refractivity contribution in [2.24, 2.45) is 5.92 Å². The Balaban J connectivity index is 1.58. The number of piperidine rings is 1. The van der Waals surface area contributed by atoms with Gasteiger partial charge in [-0.1, -0.05) is 38.1 Å². The first-order chi connectivity index (χ1) is 12.5. The third-order valence-corrected chi connectivity index (χ3v) is 7.15. The molecule has 1 N–H and O–H groups in total. The number of carbonyl (C=O) groups excluding carboxylic acids is 1. The first kappa shape index (κ1) is 17.7. The van der Waals surface area contributed by atoms with Crippen LogP contribution in [0.1, 0.15) is 47.5 Å². The predicted molar refractivity (Wildman–Crippen MR) is 109 cm³/mol. The Morgan fingerprint density at radius 2 is 2.00 bits per heavy atom. The van der Waals surface area contributed by atoms with Crippen LogP contribution < -0.4 is 5.32 Å². The number of nitrogens with zero attached hydrogens (tertiary/aromatic N) is 1. The monoisotopic (exact) mass is 368 g/mol. The van der Waals surface area contributed by atoms with E-state index < -0.39 is 0 Å². The summed E-state index contributed by atoms with van der Waals surface area (Å²) in [4.78, 5) is 17.3. The maximum atomic E-state index is 13.1. The van der Waals surface area contributed by atoms with E-state index in [4.69, 9.17) is 0 Å². The van der Waals surface area contributed by atoms with Crippen LogP contribution in [-0.4, -0.2) is 37.5 Å². The van der Waals surface area contributed by atoms with Crippen LogP contribution in [0.3, 0.4) is 0 Å². The molecule has 3 nitrogen and oxygen atoms in total. The molecular formula is C22H28N2OS. The predicted octanol–water partition coefficient (Wildman–Crippen LogP) is 4.32. The van der Waals surface area contributed by atoms with Gasteiger partial charge in [-0.25, -0.2) is 0 Å². The van der Waals surface area contributed by atoms with E-state index in [1.54, 1.807) is 11.3 Å². The Kier molecular flexibility index (Phi) is 4.66.